The Morgan fingerprint density at radius 1 is 0.868 bits per heavy atom. The van der Waals surface area contributed by atoms with Crippen LogP contribution in [0.3, 0.4) is 0 Å². The van der Waals surface area contributed by atoms with Gasteiger partial charge in [0.1, 0.15) is 0 Å². The van der Waals surface area contributed by atoms with Gasteiger partial charge >= 0.3 is 0 Å². The smallest absolute Gasteiger partial charge is 0.0454 e. The number of fused-ring (bicyclic) bond motifs is 4. The summed E-state index contributed by atoms with van der Waals surface area (Å²) in [6.45, 7) is 15.9. The zero-order valence-electron chi connectivity index (χ0n) is 23.3. The lowest BCUT2D eigenvalue weighted by atomic mass is 9.74. The molecule has 4 aromatic rings. The fourth-order valence-electron chi connectivity index (χ4n) is 6.17. The van der Waals surface area contributed by atoms with Crippen molar-refractivity contribution in [2.75, 3.05) is 11.9 Å². The maximum atomic E-state index is 4.49. The molecule has 4 aromatic carbocycles. The fourth-order valence-corrected chi connectivity index (χ4v) is 6.43. The first-order valence-corrected chi connectivity index (χ1v) is 14.0. The number of anilines is 1. The van der Waals surface area contributed by atoms with Gasteiger partial charge in [0.2, 0.25) is 0 Å². The van der Waals surface area contributed by atoms with Crippen molar-refractivity contribution in [1.29, 1.82) is 0 Å². The van der Waals surface area contributed by atoms with Gasteiger partial charge in [0, 0.05) is 33.7 Å². The van der Waals surface area contributed by atoms with E-state index in [4.69, 9.17) is 0 Å². The molecule has 0 fully saturated rings. The van der Waals surface area contributed by atoms with Crippen LogP contribution >= 0.6 is 15.9 Å². The molecule has 0 atom stereocenters. The number of nitrogens with zero attached hydrogens (tertiary/aromatic N) is 1. The Bertz CT molecular complexity index is 1660. The molecular weight excluding hydrogens is 526 g/mol. The van der Waals surface area contributed by atoms with E-state index in [1.54, 1.807) is 0 Å². The van der Waals surface area contributed by atoms with E-state index < -0.39 is 0 Å². The largest absolute Gasteiger partial charge is 0.347 e. The molecule has 0 amide bonds. The molecule has 1 aliphatic rings. The molecule has 1 aliphatic heterocycles. The molecule has 0 N–H and O–H groups in total. The summed E-state index contributed by atoms with van der Waals surface area (Å²) in [6, 6.07) is 26.2. The zero-order valence-corrected chi connectivity index (χ0v) is 24.9. The molecule has 0 aromatic heterocycles. The van der Waals surface area contributed by atoms with Gasteiger partial charge in [-0.25, -0.2) is 0 Å². The summed E-state index contributed by atoms with van der Waals surface area (Å²) < 4.78 is 1.02. The minimum absolute atomic E-state index is 0.101. The Hall–Kier alpha value is -3.36. The van der Waals surface area contributed by atoms with Crippen molar-refractivity contribution in [2.45, 2.75) is 45.4 Å². The number of allylic oxidation sites excluding steroid dienone is 7. The van der Waals surface area contributed by atoms with Crippen molar-refractivity contribution in [2.24, 2.45) is 0 Å². The van der Waals surface area contributed by atoms with Crippen molar-refractivity contribution >= 4 is 43.2 Å². The third-order valence-electron chi connectivity index (χ3n) is 8.30. The normalized spacial score (nSPS) is 16.7. The van der Waals surface area contributed by atoms with Crippen LogP contribution in [0.4, 0.5) is 5.69 Å². The molecule has 192 valence electrons. The lowest BCUT2D eigenvalue weighted by molar-refractivity contribution is 0.643. The first-order chi connectivity index (χ1) is 18.0. The highest BCUT2D eigenvalue weighted by Crippen LogP contribution is 2.50. The number of benzene rings is 4. The molecule has 0 radical (unpaired) electrons. The number of hydrogen-bond acceptors (Lipinski definition) is 1. The maximum absolute atomic E-state index is 4.49. The highest BCUT2D eigenvalue weighted by molar-refractivity contribution is 9.11. The molecule has 1 nitrogen and oxygen atoms in total. The monoisotopic (exact) mass is 561 g/mol. The zero-order chi connectivity index (χ0) is 27.2. The van der Waals surface area contributed by atoms with E-state index in [1.807, 2.05) is 0 Å². The number of rotatable bonds is 5. The van der Waals surface area contributed by atoms with Crippen molar-refractivity contribution in [3.63, 3.8) is 0 Å². The molecule has 0 spiro atoms. The number of halogens is 1. The number of aryl methyl sites for hydroxylation is 1. The molecule has 1 heterocycles. The van der Waals surface area contributed by atoms with E-state index in [0.717, 1.165) is 10.1 Å². The van der Waals surface area contributed by atoms with Gasteiger partial charge in [-0.1, -0.05) is 123 Å². The Labute approximate surface area is 236 Å². The number of likely N-dealkylation sites (N-methyl/N-ethyl adjacent to an activating group) is 1. The van der Waals surface area contributed by atoms with Gasteiger partial charge in [-0.05, 0) is 75.0 Å². The maximum Gasteiger partial charge on any atom is 0.0454 e. The predicted octanol–water partition coefficient (Wildman–Crippen LogP) is 10.3. The third kappa shape index (κ3) is 4.35. The molecule has 38 heavy (non-hydrogen) atoms. The average Bonchev–Trinajstić information content (AvgIpc) is 3.10. The van der Waals surface area contributed by atoms with Crippen LogP contribution in [0.25, 0.3) is 21.5 Å². The summed E-state index contributed by atoms with van der Waals surface area (Å²) in [6.07, 6.45) is 8.66. The first kappa shape index (κ1) is 26.3. The van der Waals surface area contributed by atoms with Crippen LogP contribution in [-0.2, 0) is 10.8 Å². The second-order valence-electron chi connectivity index (χ2n) is 11.4. The first-order valence-electron chi connectivity index (χ1n) is 13.2. The van der Waals surface area contributed by atoms with Crippen LogP contribution in [0.15, 0.2) is 119 Å². The summed E-state index contributed by atoms with van der Waals surface area (Å²) in [7, 11) is 2.17. The summed E-state index contributed by atoms with van der Waals surface area (Å²) in [5.74, 6) is 0. The average molecular weight is 563 g/mol. The SMILES string of the molecule is C=C(/C=C/C(Br)=C/C=C1/N(C)c2ccc3ccccc3c2C1(C)C)C(C)(C)c1c(C)ccc2ccccc12. The van der Waals surface area contributed by atoms with Crippen molar-refractivity contribution in [3.8, 4) is 0 Å². The molecule has 0 saturated heterocycles. The minimum atomic E-state index is -0.205. The molecule has 0 unspecified atom stereocenters. The number of hydrogen-bond donors (Lipinski definition) is 0. The Morgan fingerprint density at radius 2 is 1.47 bits per heavy atom. The summed E-state index contributed by atoms with van der Waals surface area (Å²) >= 11 is 3.79. The van der Waals surface area contributed by atoms with Crippen LogP contribution in [0.2, 0.25) is 0 Å². The standard InChI is InChI=1S/C36H36BrN/c1-24-16-18-26-12-8-10-14-29(26)33(24)35(3,4)25(2)17-20-28(37)21-23-32-36(5,6)34-30-15-11-9-13-27(30)19-22-31(34)38(32)7/h8-23H,2H2,1,3-7H3/b20-17+,28-21-,32-23+. The Kier molecular flexibility index (Phi) is 6.73. The summed E-state index contributed by atoms with van der Waals surface area (Å²) in [5.41, 5.74) is 7.35. The van der Waals surface area contributed by atoms with Crippen LogP contribution in [0, 0.1) is 6.92 Å². The molecular formula is C36H36BrN. The predicted molar refractivity (Wildman–Crippen MR) is 170 cm³/mol. The van der Waals surface area contributed by atoms with E-state index in [2.05, 4.69) is 166 Å². The second-order valence-corrected chi connectivity index (χ2v) is 12.3. The molecule has 5 rings (SSSR count). The van der Waals surface area contributed by atoms with Gasteiger partial charge in [-0.2, -0.15) is 0 Å². The molecule has 2 heteroatoms. The van der Waals surface area contributed by atoms with Crippen LogP contribution in [0.1, 0.15) is 44.4 Å². The Balaban J connectivity index is 1.43. The van der Waals surface area contributed by atoms with Crippen LogP contribution < -0.4 is 4.90 Å². The van der Waals surface area contributed by atoms with Gasteiger partial charge < -0.3 is 4.90 Å². The van der Waals surface area contributed by atoms with Gasteiger partial charge in [-0.15, -0.1) is 0 Å². The lowest BCUT2D eigenvalue weighted by Gasteiger charge is -2.30. The fraction of sp³-hybridized carbons (Fsp3) is 0.222. The summed E-state index contributed by atoms with van der Waals surface area (Å²) in [4.78, 5) is 2.33. The van der Waals surface area contributed by atoms with Crippen molar-refractivity contribution in [1.82, 2.24) is 0 Å². The minimum Gasteiger partial charge on any atom is -0.347 e. The topological polar surface area (TPSA) is 3.24 Å². The van der Waals surface area contributed by atoms with Crippen LogP contribution in [0.5, 0.6) is 0 Å². The van der Waals surface area contributed by atoms with E-state index in [9.17, 15) is 0 Å². The summed E-state index contributed by atoms with van der Waals surface area (Å²) in [5, 5.41) is 5.18. The van der Waals surface area contributed by atoms with Gasteiger partial charge in [0.15, 0.2) is 0 Å². The van der Waals surface area contributed by atoms with Crippen LogP contribution in [-0.4, -0.2) is 7.05 Å². The van der Waals surface area contributed by atoms with Gasteiger partial charge in [0.05, 0.1) is 0 Å². The van der Waals surface area contributed by atoms with Gasteiger partial charge in [0.25, 0.3) is 0 Å². The van der Waals surface area contributed by atoms with Crippen molar-refractivity contribution < 1.29 is 0 Å². The Morgan fingerprint density at radius 3 is 2.18 bits per heavy atom. The van der Waals surface area contributed by atoms with Crippen molar-refractivity contribution in [3.05, 3.63) is 136 Å². The highest BCUT2D eigenvalue weighted by atomic mass is 79.9. The highest BCUT2D eigenvalue weighted by Gasteiger charge is 2.39. The molecule has 0 aliphatic carbocycles. The lowest BCUT2D eigenvalue weighted by Crippen LogP contribution is -2.22. The second kappa shape index (κ2) is 9.75. The third-order valence-corrected chi connectivity index (χ3v) is 8.83. The van der Waals surface area contributed by atoms with E-state index in [1.165, 1.54) is 49.6 Å². The van der Waals surface area contributed by atoms with Gasteiger partial charge in [-0.3, -0.25) is 0 Å². The van der Waals surface area contributed by atoms with E-state index >= 15 is 0 Å². The quantitative estimate of drug-likeness (QED) is 0.219. The molecule has 0 bridgehead atoms. The van der Waals surface area contributed by atoms with E-state index in [0.29, 0.717) is 0 Å². The molecule has 0 saturated carbocycles. The van der Waals surface area contributed by atoms with E-state index in [-0.39, 0.29) is 10.8 Å².